The molecule has 2 N–H and O–H groups in total. The topological polar surface area (TPSA) is 48.9 Å². The second-order valence-electron chi connectivity index (χ2n) is 0.932. The number of H-pyrrole nitrogens is 1. The summed E-state index contributed by atoms with van der Waals surface area (Å²) in [6.45, 7) is 0. The number of nitrogens with one attached hydrogen (secondary N) is 1. The Kier molecular flexibility index (Phi) is 3.96. The number of hydrogen-bond acceptors (Lipinski definition) is 2. The zero-order valence-corrected chi connectivity index (χ0v) is 3.05. The van der Waals surface area contributed by atoms with Gasteiger partial charge >= 0.3 is 51.4 Å². The molecule has 0 saturated carbocycles. The van der Waals surface area contributed by atoms with Crippen molar-refractivity contribution in [2.24, 2.45) is 0 Å². The molecule has 0 radical (unpaired) electrons. The average molecular weight is 124 g/mol. The molecule has 0 spiro atoms. The van der Waals surface area contributed by atoms with Gasteiger partial charge in [-0.3, -0.25) is 5.10 Å². The quantitative estimate of drug-likeness (QED) is 0.457. The molecule has 0 amide bonds. The summed E-state index contributed by atoms with van der Waals surface area (Å²) in [6, 6.07) is 1.47. The van der Waals surface area contributed by atoms with Gasteiger partial charge in [0.15, 0.2) is 0 Å². The maximum atomic E-state index is 8.33. The van der Waals surface area contributed by atoms with Gasteiger partial charge in [-0.15, -0.1) is 5.10 Å². The Hall–Kier alpha value is 0.646. The van der Waals surface area contributed by atoms with Gasteiger partial charge in [-0.25, -0.2) is 0 Å². The standard InChI is InChI=1S/C3H4N2O.K.H/c6-3-1-2-4-5-3;;/h1-2H,(H2,4,5,6);;. The third kappa shape index (κ3) is 2.45. The summed E-state index contributed by atoms with van der Waals surface area (Å²) in [5.74, 6) is 0.0370. The molecular weight excluding hydrogens is 119 g/mol. The number of aromatic amines is 1. The molecule has 1 aromatic heterocycles. The van der Waals surface area contributed by atoms with Crippen LogP contribution in [-0.2, 0) is 0 Å². The van der Waals surface area contributed by atoms with Crippen molar-refractivity contribution in [3.05, 3.63) is 12.3 Å². The van der Waals surface area contributed by atoms with E-state index in [2.05, 4.69) is 10.2 Å². The Morgan fingerprint density at radius 2 is 2.43 bits per heavy atom. The second kappa shape index (κ2) is 3.62. The second-order valence-corrected chi connectivity index (χ2v) is 0.932. The molecule has 3 nitrogen and oxygen atoms in total. The summed E-state index contributed by atoms with van der Waals surface area (Å²) in [7, 11) is 0. The normalized spacial score (nSPS) is 7.43. The summed E-state index contributed by atoms with van der Waals surface area (Å²) < 4.78 is 0. The molecule has 0 bridgehead atoms. The zero-order valence-electron chi connectivity index (χ0n) is 3.05. The van der Waals surface area contributed by atoms with E-state index in [4.69, 9.17) is 5.11 Å². The molecule has 0 atom stereocenters. The SMILES string of the molecule is Oc1cc[nH]n1.[KH]. The van der Waals surface area contributed by atoms with Gasteiger partial charge in [0.1, 0.15) is 0 Å². The molecule has 1 heterocycles. The first-order valence-electron chi connectivity index (χ1n) is 1.58. The van der Waals surface area contributed by atoms with Gasteiger partial charge in [0.05, 0.1) is 0 Å². The Bertz CT molecular complexity index is 116. The van der Waals surface area contributed by atoms with E-state index in [0.717, 1.165) is 0 Å². The van der Waals surface area contributed by atoms with Gasteiger partial charge in [-0.05, 0) is 0 Å². The fraction of sp³-hybridized carbons (Fsp3) is 0. The van der Waals surface area contributed by atoms with Crippen LogP contribution in [0.3, 0.4) is 0 Å². The van der Waals surface area contributed by atoms with Crippen LogP contribution in [0.5, 0.6) is 5.88 Å². The number of nitrogens with zero attached hydrogens (tertiary/aromatic N) is 1. The van der Waals surface area contributed by atoms with Crippen molar-refractivity contribution in [2.45, 2.75) is 0 Å². The predicted molar refractivity (Wildman–Crippen MR) is 27.4 cm³/mol. The molecule has 1 aromatic rings. The van der Waals surface area contributed by atoms with Gasteiger partial charge in [0.25, 0.3) is 0 Å². The van der Waals surface area contributed by atoms with E-state index >= 15 is 0 Å². The van der Waals surface area contributed by atoms with Crippen LogP contribution in [0.25, 0.3) is 0 Å². The summed E-state index contributed by atoms with van der Waals surface area (Å²) in [4.78, 5) is 0. The van der Waals surface area contributed by atoms with Crippen LogP contribution in [0.2, 0.25) is 0 Å². The number of rotatable bonds is 0. The molecule has 4 heteroatoms. The predicted octanol–water partition coefficient (Wildman–Crippen LogP) is -0.533. The maximum absolute atomic E-state index is 8.33. The van der Waals surface area contributed by atoms with Crippen molar-refractivity contribution in [2.75, 3.05) is 0 Å². The van der Waals surface area contributed by atoms with Crippen molar-refractivity contribution >= 4 is 51.4 Å². The summed E-state index contributed by atoms with van der Waals surface area (Å²) in [5.41, 5.74) is 0. The molecule has 1 rings (SSSR count). The molecule has 0 unspecified atom stereocenters. The van der Waals surface area contributed by atoms with E-state index in [9.17, 15) is 0 Å². The monoisotopic (exact) mass is 124 g/mol. The van der Waals surface area contributed by atoms with E-state index in [1.807, 2.05) is 0 Å². The van der Waals surface area contributed by atoms with Gasteiger partial charge in [0, 0.05) is 12.3 Å². The first-order chi connectivity index (χ1) is 2.89. The van der Waals surface area contributed by atoms with E-state index in [1.165, 1.54) is 6.07 Å². The summed E-state index contributed by atoms with van der Waals surface area (Å²) in [5, 5.41) is 14.1. The molecule has 0 aliphatic carbocycles. The van der Waals surface area contributed by atoms with Crippen LogP contribution in [0, 0.1) is 0 Å². The van der Waals surface area contributed by atoms with E-state index in [1.54, 1.807) is 6.20 Å². The third-order valence-electron chi connectivity index (χ3n) is 0.486. The van der Waals surface area contributed by atoms with Crippen molar-refractivity contribution < 1.29 is 5.11 Å². The van der Waals surface area contributed by atoms with Crippen LogP contribution >= 0.6 is 0 Å². The Labute approximate surface area is 83.5 Å². The van der Waals surface area contributed by atoms with Crippen molar-refractivity contribution in [3.63, 3.8) is 0 Å². The fourth-order valence-electron chi connectivity index (χ4n) is 0.252. The van der Waals surface area contributed by atoms with E-state index in [0.29, 0.717) is 0 Å². The van der Waals surface area contributed by atoms with Crippen LogP contribution < -0.4 is 0 Å². The summed E-state index contributed by atoms with van der Waals surface area (Å²) in [6.07, 6.45) is 1.55. The minimum atomic E-state index is 0. The van der Waals surface area contributed by atoms with Gasteiger partial charge in [0.2, 0.25) is 5.88 Å². The Morgan fingerprint density at radius 1 is 1.71 bits per heavy atom. The van der Waals surface area contributed by atoms with Crippen LogP contribution in [-0.4, -0.2) is 66.7 Å². The summed E-state index contributed by atoms with van der Waals surface area (Å²) >= 11 is 0. The van der Waals surface area contributed by atoms with E-state index in [-0.39, 0.29) is 57.3 Å². The fourth-order valence-corrected chi connectivity index (χ4v) is 0.252. The number of hydrogen-bond donors (Lipinski definition) is 2. The molecule has 0 aliphatic rings. The zero-order chi connectivity index (χ0) is 4.41. The van der Waals surface area contributed by atoms with E-state index < -0.39 is 0 Å². The van der Waals surface area contributed by atoms with Crippen LogP contribution in [0.4, 0.5) is 0 Å². The Balaban J connectivity index is 0.000000360. The average Bonchev–Trinajstić information content (AvgIpc) is 1.86. The number of aromatic nitrogens is 2. The van der Waals surface area contributed by atoms with Crippen molar-refractivity contribution in [1.29, 1.82) is 0 Å². The number of aromatic hydroxyl groups is 1. The molecule has 7 heavy (non-hydrogen) atoms. The van der Waals surface area contributed by atoms with Gasteiger partial charge < -0.3 is 5.11 Å². The Morgan fingerprint density at radius 3 is 2.57 bits per heavy atom. The van der Waals surface area contributed by atoms with Crippen LogP contribution in [0.1, 0.15) is 0 Å². The molecule has 0 aliphatic heterocycles. The van der Waals surface area contributed by atoms with Crippen LogP contribution in [0.15, 0.2) is 12.3 Å². The first kappa shape index (κ1) is 7.65. The molecule has 0 aromatic carbocycles. The molecule has 34 valence electrons. The van der Waals surface area contributed by atoms with Crippen molar-refractivity contribution in [3.8, 4) is 5.88 Å². The molecule has 0 saturated heterocycles. The van der Waals surface area contributed by atoms with Gasteiger partial charge in [-0.1, -0.05) is 0 Å². The van der Waals surface area contributed by atoms with Crippen molar-refractivity contribution in [1.82, 2.24) is 10.2 Å². The third-order valence-corrected chi connectivity index (χ3v) is 0.486. The van der Waals surface area contributed by atoms with Gasteiger partial charge in [-0.2, -0.15) is 0 Å². The molecular formula is C3H5KN2O. The molecule has 0 fully saturated rings. The minimum absolute atomic E-state index is 0. The first-order valence-corrected chi connectivity index (χ1v) is 1.58.